The lowest BCUT2D eigenvalue weighted by molar-refractivity contribution is -0.359. The average molecular weight is 1160 g/mol. The maximum atomic E-state index is 13.3. The lowest BCUT2D eigenvalue weighted by atomic mass is 9.97. The molecular formula is C68H125NO13. The lowest BCUT2D eigenvalue weighted by Gasteiger charge is -2.46. The Bertz CT molecular complexity index is 1560. The van der Waals surface area contributed by atoms with Gasteiger partial charge in [0.05, 0.1) is 32.0 Å². The minimum atomic E-state index is -1.79. The minimum Gasteiger partial charge on any atom is -0.394 e. The molecule has 2 heterocycles. The summed E-state index contributed by atoms with van der Waals surface area (Å²) in [5.41, 5.74) is 0. The number of aliphatic hydroxyl groups excluding tert-OH is 8. The second kappa shape index (κ2) is 53.2. The number of nitrogens with one attached hydrogen (secondary N) is 1. The van der Waals surface area contributed by atoms with Gasteiger partial charge in [-0.2, -0.15) is 0 Å². The molecule has 0 radical (unpaired) electrons. The van der Waals surface area contributed by atoms with Gasteiger partial charge in [0.25, 0.3) is 0 Å². The molecule has 2 saturated heterocycles. The number of unbranched alkanes of at least 4 members (excludes halogenated alkanes) is 36. The highest BCUT2D eigenvalue weighted by molar-refractivity contribution is 5.76. The molecule has 2 aliphatic rings. The molecular weight excluding hydrogens is 1040 g/mol. The highest BCUT2D eigenvalue weighted by atomic mass is 16.7. The van der Waals surface area contributed by atoms with Gasteiger partial charge in [-0.3, -0.25) is 4.79 Å². The number of carbonyl (C=O) groups excluding carboxylic acids is 1. The fourth-order valence-electron chi connectivity index (χ4n) is 11.0. The number of rotatable bonds is 55. The molecule has 14 heteroatoms. The molecule has 9 N–H and O–H groups in total. The van der Waals surface area contributed by atoms with Crippen LogP contribution in [0.2, 0.25) is 0 Å². The molecule has 0 bridgehead atoms. The number of amides is 1. The van der Waals surface area contributed by atoms with Crippen LogP contribution in [-0.2, 0) is 23.7 Å². The zero-order valence-corrected chi connectivity index (χ0v) is 52.0. The summed E-state index contributed by atoms with van der Waals surface area (Å²) in [5.74, 6) is -0.249. The van der Waals surface area contributed by atoms with Gasteiger partial charge in [0.1, 0.15) is 48.8 Å². The van der Waals surface area contributed by atoms with Gasteiger partial charge in [-0.25, -0.2) is 0 Å². The minimum absolute atomic E-state index is 0.249. The molecule has 0 aromatic heterocycles. The molecule has 480 valence electrons. The molecule has 14 nitrogen and oxygen atoms in total. The molecule has 0 aromatic carbocycles. The van der Waals surface area contributed by atoms with Crippen molar-refractivity contribution in [3.8, 4) is 0 Å². The van der Waals surface area contributed by atoms with Gasteiger partial charge >= 0.3 is 0 Å². The van der Waals surface area contributed by atoms with E-state index >= 15 is 0 Å². The Morgan fingerprint density at radius 3 is 1.27 bits per heavy atom. The second-order valence-corrected chi connectivity index (χ2v) is 23.9. The number of carbonyl (C=O) groups is 1. The number of aliphatic hydroxyl groups is 8. The van der Waals surface area contributed by atoms with Crippen LogP contribution in [0, 0.1) is 0 Å². The molecule has 82 heavy (non-hydrogen) atoms. The van der Waals surface area contributed by atoms with E-state index in [1.54, 1.807) is 6.08 Å². The first-order chi connectivity index (χ1) is 40.1. The van der Waals surface area contributed by atoms with Crippen LogP contribution in [0.5, 0.6) is 0 Å². The van der Waals surface area contributed by atoms with E-state index in [4.69, 9.17) is 18.9 Å². The topological polar surface area (TPSA) is 228 Å². The number of hydrogen-bond acceptors (Lipinski definition) is 13. The van der Waals surface area contributed by atoms with E-state index in [2.05, 4.69) is 55.6 Å². The fraction of sp³-hybridized carbons (Fsp3) is 0.868. The molecule has 12 atom stereocenters. The van der Waals surface area contributed by atoms with Crippen molar-refractivity contribution in [2.75, 3.05) is 19.8 Å². The Morgan fingerprint density at radius 2 is 0.817 bits per heavy atom. The average Bonchev–Trinajstić information content (AvgIpc) is 3.53. The zero-order chi connectivity index (χ0) is 59.5. The molecule has 2 fully saturated rings. The first-order valence-electron chi connectivity index (χ1n) is 33.9. The number of hydrogen-bond donors (Lipinski definition) is 9. The third kappa shape index (κ3) is 37.5. The Morgan fingerprint density at radius 1 is 0.439 bits per heavy atom. The van der Waals surface area contributed by atoms with Crippen molar-refractivity contribution >= 4 is 5.91 Å². The third-order valence-electron chi connectivity index (χ3n) is 16.5. The Labute approximate surface area is 499 Å². The van der Waals surface area contributed by atoms with Gasteiger partial charge in [-0.05, 0) is 64.2 Å². The normalized spacial score (nSPS) is 24.2. The zero-order valence-electron chi connectivity index (χ0n) is 52.0. The van der Waals surface area contributed by atoms with Gasteiger partial charge in [0.2, 0.25) is 5.91 Å². The summed E-state index contributed by atoms with van der Waals surface area (Å²) in [6.07, 6.45) is 51.6. The quantitative estimate of drug-likeness (QED) is 0.0204. The third-order valence-corrected chi connectivity index (χ3v) is 16.5. The van der Waals surface area contributed by atoms with Crippen LogP contribution in [0.1, 0.15) is 284 Å². The summed E-state index contributed by atoms with van der Waals surface area (Å²) in [6, 6.07) is -0.935. The SMILES string of the molecule is CCCCCCC/C=C\C/C=C\CCCCCCCCCCCCCC(=O)NC(COC1OC(CO)C(OC2OC(CO)C(O)C(O)C2O)C(O)C1O)C(O)/C=C/CC/C=C/CCCCCCCCCCCCCCCCCCCCC. The molecule has 0 aromatic rings. The van der Waals surface area contributed by atoms with E-state index in [0.717, 1.165) is 38.5 Å². The molecule has 0 aliphatic carbocycles. The Kier molecular flexibility index (Phi) is 49.3. The van der Waals surface area contributed by atoms with E-state index in [-0.39, 0.29) is 18.9 Å². The predicted octanol–water partition coefficient (Wildman–Crippen LogP) is 13.1. The van der Waals surface area contributed by atoms with Crippen LogP contribution >= 0.6 is 0 Å². The Hall–Kier alpha value is -2.05. The van der Waals surface area contributed by atoms with Crippen molar-refractivity contribution in [3.63, 3.8) is 0 Å². The van der Waals surface area contributed by atoms with Crippen molar-refractivity contribution < 1.29 is 64.6 Å². The van der Waals surface area contributed by atoms with Gasteiger partial charge in [-0.15, -0.1) is 0 Å². The number of allylic oxidation sites excluding steroid dienone is 7. The van der Waals surface area contributed by atoms with E-state index in [0.29, 0.717) is 12.8 Å². The summed E-state index contributed by atoms with van der Waals surface area (Å²) < 4.78 is 22.8. The molecule has 2 aliphatic heterocycles. The van der Waals surface area contributed by atoms with Gasteiger partial charge in [0, 0.05) is 6.42 Å². The summed E-state index contributed by atoms with van der Waals surface area (Å²) in [7, 11) is 0. The fourth-order valence-corrected chi connectivity index (χ4v) is 11.0. The van der Waals surface area contributed by atoms with Crippen molar-refractivity contribution in [2.24, 2.45) is 0 Å². The largest absolute Gasteiger partial charge is 0.394 e. The summed E-state index contributed by atoms with van der Waals surface area (Å²) in [4.78, 5) is 13.3. The molecule has 0 spiro atoms. The van der Waals surface area contributed by atoms with Crippen LogP contribution in [0.25, 0.3) is 0 Å². The van der Waals surface area contributed by atoms with Crippen LogP contribution in [0.3, 0.4) is 0 Å². The first-order valence-corrected chi connectivity index (χ1v) is 33.9. The van der Waals surface area contributed by atoms with Crippen LogP contribution in [0.4, 0.5) is 0 Å². The van der Waals surface area contributed by atoms with E-state index in [1.165, 1.54) is 212 Å². The molecule has 1 amide bonds. The molecule has 0 saturated carbocycles. The van der Waals surface area contributed by atoms with Crippen LogP contribution < -0.4 is 5.32 Å². The highest BCUT2D eigenvalue weighted by Gasteiger charge is 2.51. The monoisotopic (exact) mass is 1160 g/mol. The van der Waals surface area contributed by atoms with Crippen molar-refractivity contribution in [1.82, 2.24) is 5.32 Å². The number of ether oxygens (including phenoxy) is 4. The van der Waals surface area contributed by atoms with Crippen LogP contribution in [-0.4, -0.2) is 140 Å². The smallest absolute Gasteiger partial charge is 0.220 e. The Balaban J connectivity index is 1.73. The predicted molar refractivity (Wildman–Crippen MR) is 332 cm³/mol. The van der Waals surface area contributed by atoms with Gasteiger partial charge < -0.3 is 65.1 Å². The second-order valence-electron chi connectivity index (χ2n) is 23.9. The maximum Gasteiger partial charge on any atom is 0.220 e. The maximum absolute atomic E-state index is 13.3. The summed E-state index contributed by atoms with van der Waals surface area (Å²) in [5, 5.41) is 87.3. The van der Waals surface area contributed by atoms with E-state index < -0.39 is 86.8 Å². The van der Waals surface area contributed by atoms with Crippen molar-refractivity contribution in [1.29, 1.82) is 0 Å². The highest BCUT2D eigenvalue weighted by Crippen LogP contribution is 2.30. The summed E-state index contributed by atoms with van der Waals surface area (Å²) in [6.45, 7) is 2.80. The standard InChI is InChI=1S/C68H125NO13/c1-3-5-7-9-11-13-15-17-19-21-23-25-27-28-30-31-33-35-37-39-41-43-45-47-49-51-57(72)56(55-79-67-65(78)63(76)66(59(54-71)81-67)82-68-64(77)62(75)61(74)58(53-70)80-68)69-60(73)52-50-48-46-44-42-40-38-36-34-32-29-26-24-22-20-18-16-14-12-10-8-6-4-2/h16,18,22,24,41,43,49,51,56-59,61-68,70-72,74-78H,3-15,17,19-21,23,25-40,42,44-48,50,52-55H2,1-2H3,(H,69,73)/b18-16-,24-22-,43-41+,51-49+. The lowest BCUT2D eigenvalue weighted by Crippen LogP contribution is -2.65. The van der Waals surface area contributed by atoms with Crippen molar-refractivity contribution in [2.45, 2.75) is 357 Å². The molecule has 2 rings (SSSR count). The first kappa shape index (κ1) is 76.0. The van der Waals surface area contributed by atoms with Gasteiger partial charge in [-0.1, -0.05) is 262 Å². The van der Waals surface area contributed by atoms with Crippen molar-refractivity contribution in [3.05, 3.63) is 48.6 Å². The van der Waals surface area contributed by atoms with Gasteiger partial charge in [0.15, 0.2) is 12.6 Å². The molecule has 12 unspecified atom stereocenters. The summed E-state index contributed by atoms with van der Waals surface area (Å²) >= 11 is 0. The van der Waals surface area contributed by atoms with E-state index in [1.807, 2.05) is 6.08 Å². The van der Waals surface area contributed by atoms with Crippen LogP contribution in [0.15, 0.2) is 48.6 Å². The van der Waals surface area contributed by atoms with E-state index in [9.17, 15) is 45.6 Å².